The highest BCUT2D eigenvalue weighted by molar-refractivity contribution is 7.89. The normalized spacial score (nSPS) is 11.9. The maximum atomic E-state index is 13.6. The fourth-order valence-corrected chi connectivity index (χ4v) is 3.29. The van der Waals surface area contributed by atoms with Crippen molar-refractivity contribution < 1.29 is 17.5 Å². The van der Waals surface area contributed by atoms with E-state index in [0.29, 0.717) is 42.5 Å². The third-order valence-electron chi connectivity index (χ3n) is 3.64. The van der Waals surface area contributed by atoms with E-state index in [9.17, 15) is 12.8 Å². The SMILES string of the molecule is CCNC(=NCc1cc(F)ccc1CS(C)(=O)=O)NCCOc1cccnc1. The molecule has 0 saturated heterocycles. The quantitative estimate of drug-likeness (QED) is 0.374. The minimum Gasteiger partial charge on any atom is -0.490 e. The van der Waals surface area contributed by atoms with E-state index in [4.69, 9.17) is 4.74 Å². The Bertz CT molecular complexity index is 889. The number of benzene rings is 1. The van der Waals surface area contributed by atoms with Crippen LogP contribution in [0.15, 0.2) is 47.7 Å². The van der Waals surface area contributed by atoms with E-state index in [1.807, 2.05) is 13.0 Å². The molecule has 7 nitrogen and oxygen atoms in total. The van der Waals surface area contributed by atoms with E-state index in [0.717, 1.165) is 6.26 Å². The molecule has 1 aromatic carbocycles. The van der Waals surface area contributed by atoms with Gasteiger partial charge in [-0.05, 0) is 42.3 Å². The first-order chi connectivity index (χ1) is 13.4. The molecule has 28 heavy (non-hydrogen) atoms. The monoisotopic (exact) mass is 408 g/mol. The van der Waals surface area contributed by atoms with Gasteiger partial charge in [0.25, 0.3) is 0 Å². The maximum Gasteiger partial charge on any atom is 0.191 e. The molecule has 2 N–H and O–H groups in total. The lowest BCUT2D eigenvalue weighted by Gasteiger charge is -2.13. The van der Waals surface area contributed by atoms with Crippen LogP contribution >= 0.6 is 0 Å². The summed E-state index contributed by atoms with van der Waals surface area (Å²) in [6, 6.07) is 7.68. The van der Waals surface area contributed by atoms with Gasteiger partial charge in [0, 0.05) is 19.0 Å². The first-order valence-electron chi connectivity index (χ1n) is 8.87. The van der Waals surface area contributed by atoms with Gasteiger partial charge in [-0.2, -0.15) is 0 Å². The lowest BCUT2D eigenvalue weighted by atomic mass is 10.1. The number of ether oxygens (including phenoxy) is 1. The number of guanidine groups is 1. The highest BCUT2D eigenvalue weighted by Gasteiger charge is 2.10. The molecule has 0 aliphatic carbocycles. The van der Waals surface area contributed by atoms with Crippen molar-refractivity contribution in [3.63, 3.8) is 0 Å². The van der Waals surface area contributed by atoms with Crippen LogP contribution in [0, 0.1) is 5.82 Å². The molecule has 2 aromatic rings. The lowest BCUT2D eigenvalue weighted by Crippen LogP contribution is -2.39. The molecule has 0 aliphatic rings. The van der Waals surface area contributed by atoms with E-state index in [1.165, 1.54) is 18.2 Å². The van der Waals surface area contributed by atoms with Gasteiger partial charge in [0.15, 0.2) is 15.8 Å². The third kappa shape index (κ3) is 7.91. The number of hydrogen-bond acceptors (Lipinski definition) is 5. The van der Waals surface area contributed by atoms with Crippen molar-refractivity contribution in [3.8, 4) is 5.75 Å². The van der Waals surface area contributed by atoms with Crippen LogP contribution in [0.1, 0.15) is 18.1 Å². The van der Waals surface area contributed by atoms with Crippen molar-refractivity contribution in [2.75, 3.05) is 26.0 Å². The van der Waals surface area contributed by atoms with Gasteiger partial charge in [-0.1, -0.05) is 6.07 Å². The summed E-state index contributed by atoms with van der Waals surface area (Å²) in [4.78, 5) is 8.40. The van der Waals surface area contributed by atoms with E-state index in [1.54, 1.807) is 18.5 Å². The molecular weight excluding hydrogens is 383 g/mol. The second-order valence-corrected chi connectivity index (χ2v) is 8.28. The predicted molar refractivity (Wildman–Crippen MR) is 107 cm³/mol. The first-order valence-corrected chi connectivity index (χ1v) is 10.9. The van der Waals surface area contributed by atoms with Crippen molar-refractivity contribution >= 4 is 15.8 Å². The van der Waals surface area contributed by atoms with Gasteiger partial charge in [0.1, 0.15) is 18.2 Å². The summed E-state index contributed by atoms with van der Waals surface area (Å²) >= 11 is 0. The molecule has 0 atom stereocenters. The van der Waals surface area contributed by atoms with Gasteiger partial charge in [-0.25, -0.2) is 17.8 Å². The van der Waals surface area contributed by atoms with Gasteiger partial charge in [0.2, 0.25) is 0 Å². The molecule has 1 heterocycles. The number of halogens is 1. The third-order valence-corrected chi connectivity index (χ3v) is 4.47. The molecular formula is C19H25FN4O3S. The second kappa shape index (κ2) is 10.6. The van der Waals surface area contributed by atoms with Crippen LogP contribution in [0.4, 0.5) is 4.39 Å². The molecule has 0 spiro atoms. The topological polar surface area (TPSA) is 92.7 Å². The molecule has 0 fully saturated rings. The van der Waals surface area contributed by atoms with Crippen molar-refractivity contribution in [2.45, 2.75) is 19.2 Å². The molecule has 0 saturated carbocycles. The van der Waals surface area contributed by atoms with Gasteiger partial charge in [-0.15, -0.1) is 0 Å². The highest BCUT2D eigenvalue weighted by Crippen LogP contribution is 2.15. The Morgan fingerprint density at radius 3 is 2.75 bits per heavy atom. The fraction of sp³-hybridized carbons (Fsp3) is 0.368. The number of sulfone groups is 1. The van der Waals surface area contributed by atoms with Crippen molar-refractivity contribution in [3.05, 3.63) is 59.7 Å². The van der Waals surface area contributed by atoms with Crippen LogP contribution in [-0.4, -0.2) is 45.3 Å². The number of aromatic nitrogens is 1. The van der Waals surface area contributed by atoms with Crippen LogP contribution in [0.5, 0.6) is 5.75 Å². The van der Waals surface area contributed by atoms with Crippen molar-refractivity contribution in [1.82, 2.24) is 15.6 Å². The molecule has 0 amide bonds. The van der Waals surface area contributed by atoms with Gasteiger partial charge >= 0.3 is 0 Å². The molecule has 0 bridgehead atoms. The van der Waals surface area contributed by atoms with E-state index >= 15 is 0 Å². The van der Waals surface area contributed by atoms with Crippen molar-refractivity contribution in [1.29, 1.82) is 0 Å². The van der Waals surface area contributed by atoms with Crippen LogP contribution in [-0.2, 0) is 22.1 Å². The summed E-state index contributed by atoms with van der Waals surface area (Å²) in [5, 5.41) is 6.22. The van der Waals surface area contributed by atoms with Crippen LogP contribution < -0.4 is 15.4 Å². The Labute approximate surface area is 165 Å². The van der Waals surface area contributed by atoms with Crippen LogP contribution in [0.2, 0.25) is 0 Å². The molecule has 9 heteroatoms. The Kier molecular flexibility index (Phi) is 8.19. The molecule has 0 unspecified atom stereocenters. The average Bonchev–Trinajstić information content (AvgIpc) is 2.65. The highest BCUT2D eigenvalue weighted by atomic mass is 32.2. The lowest BCUT2D eigenvalue weighted by molar-refractivity contribution is 0.320. The molecule has 0 radical (unpaired) electrons. The summed E-state index contributed by atoms with van der Waals surface area (Å²) in [6.07, 6.45) is 4.45. The van der Waals surface area contributed by atoms with Crippen LogP contribution in [0.25, 0.3) is 0 Å². The largest absolute Gasteiger partial charge is 0.490 e. The number of nitrogens with one attached hydrogen (secondary N) is 2. The minimum absolute atomic E-state index is 0.152. The summed E-state index contributed by atoms with van der Waals surface area (Å²) in [7, 11) is -3.23. The number of hydrogen-bond donors (Lipinski definition) is 2. The summed E-state index contributed by atoms with van der Waals surface area (Å²) in [5.74, 6) is 0.634. The number of pyridine rings is 1. The molecule has 1 aromatic heterocycles. The molecule has 0 aliphatic heterocycles. The number of aliphatic imine (C=N–C) groups is 1. The van der Waals surface area contributed by atoms with Crippen molar-refractivity contribution in [2.24, 2.45) is 4.99 Å². The van der Waals surface area contributed by atoms with E-state index in [2.05, 4.69) is 20.6 Å². The predicted octanol–water partition coefficient (Wildman–Crippen LogP) is 1.90. The average molecular weight is 408 g/mol. The van der Waals surface area contributed by atoms with Gasteiger partial charge in [0.05, 0.1) is 25.0 Å². The Morgan fingerprint density at radius 2 is 2.07 bits per heavy atom. The smallest absolute Gasteiger partial charge is 0.191 e. The number of nitrogens with zero attached hydrogens (tertiary/aromatic N) is 2. The summed E-state index contributed by atoms with van der Waals surface area (Å²) in [5.41, 5.74) is 1.08. The maximum absolute atomic E-state index is 13.6. The Morgan fingerprint density at radius 1 is 1.25 bits per heavy atom. The minimum atomic E-state index is -3.23. The fourth-order valence-electron chi connectivity index (χ4n) is 2.44. The first kappa shape index (κ1) is 21.6. The van der Waals surface area contributed by atoms with Crippen LogP contribution in [0.3, 0.4) is 0 Å². The number of rotatable bonds is 9. The zero-order chi connectivity index (χ0) is 20.4. The van der Waals surface area contributed by atoms with E-state index < -0.39 is 15.7 Å². The summed E-state index contributed by atoms with van der Waals surface area (Å²) < 4.78 is 42.4. The molecule has 152 valence electrons. The van der Waals surface area contributed by atoms with Gasteiger partial charge < -0.3 is 15.4 Å². The Hall–Kier alpha value is -2.68. The molecule has 2 rings (SSSR count). The second-order valence-electron chi connectivity index (χ2n) is 6.14. The van der Waals surface area contributed by atoms with E-state index in [-0.39, 0.29) is 12.3 Å². The zero-order valence-corrected chi connectivity index (χ0v) is 16.8. The van der Waals surface area contributed by atoms with Gasteiger partial charge in [-0.3, -0.25) is 4.98 Å². The summed E-state index contributed by atoms with van der Waals surface area (Å²) in [6.45, 7) is 3.64. The Balaban J connectivity index is 1.98. The zero-order valence-electron chi connectivity index (χ0n) is 16.0. The standard InChI is InChI=1S/C19H25FN4O3S/c1-3-22-19(23-9-10-27-18-5-4-8-21-13-18)24-12-16-11-17(20)7-6-15(16)14-28(2,25)26/h4-8,11,13H,3,9-10,12,14H2,1-2H3,(H2,22,23,24).